The number of carboxylic acids is 1. The molecular formula is C13H7Cl3O2. The lowest BCUT2D eigenvalue weighted by Gasteiger charge is -2.08. The number of rotatable bonds is 2. The van der Waals surface area contributed by atoms with Crippen molar-refractivity contribution in [3.8, 4) is 11.1 Å². The minimum Gasteiger partial charge on any atom is -0.478 e. The number of hydrogen-bond donors (Lipinski definition) is 1. The van der Waals surface area contributed by atoms with E-state index in [9.17, 15) is 4.79 Å². The zero-order valence-corrected chi connectivity index (χ0v) is 11.2. The molecular weight excluding hydrogens is 294 g/mol. The Morgan fingerprint density at radius 3 is 2.06 bits per heavy atom. The Morgan fingerprint density at radius 1 is 0.889 bits per heavy atom. The normalized spacial score (nSPS) is 10.4. The van der Waals surface area contributed by atoms with E-state index in [2.05, 4.69) is 0 Å². The Kier molecular flexibility index (Phi) is 3.81. The predicted molar refractivity (Wildman–Crippen MR) is 73.9 cm³/mol. The van der Waals surface area contributed by atoms with Crippen LogP contribution < -0.4 is 0 Å². The van der Waals surface area contributed by atoms with Gasteiger partial charge in [0, 0.05) is 15.1 Å². The molecule has 92 valence electrons. The number of halogens is 3. The van der Waals surface area contributed by atoms with E-state index in [-0.39, 0.29) is 5.56 Å². The summed E-state index contributed by atoms with van der Waals surface area (Å²) >= 11 is 17.6. The smallest absolute Gasteiger partial charge is 0.336 e. The second-order valence-electron chi connectivity index (χ2n) is 3.65. The summed E-state index contributed by atoms with van der Waals surface area (Å²) in [6.45, 7) is 0. The van der Waals surface area contributed by atoms with E-state index in [1.807, 2.05) is 0 Å². The van der Waals surface area contributed by atoms with Gasteiger partial charge < -0.3 is 5.11 Å². The summed E-state index contributed by atoms with van der Waals surface area (Å²) in [6, 6.07) is 9.55. The van der Waals surface area contributed by atoms with E-state index >= 15 is 0 Å². The Labute approximate surface area is 119 Å². The summed E-state index contributed by atoms with van der Waals surface area (Å²) in [5, 5.41) is 10.4. The van der Waals surface area contributed by atoms with Gasteiger partial charge in [-0.3, -0.25) is 0 Å². The lowest BCUT2D eigenvalue weighted by atomic mass is 10.00. The van der Waals surface area contributed by atoms with Crippen molar-refractivity contribution in [2.75, 3.05) is 0 Å². The molecule has 0 radical (unpaired) electrons. The van der Waals surface area contributed by atoms with Crippen molar-refractivity contribution in [1.82, 2.24) is 0 Å². The highest BCUT2D eigenvalue weighted by molar-refractivity contribution is 6.35. The molecule has 0 fully saturated rings. The van der Waals surface area contributed by atoms with Gasteiger partial charge in [0.1, 0.15) is 0 Å². The van der Waals surface area contributed by atoms with Crippen molar-refractivity contribution in [3.63, 3.8) is 0 Å². The van der Waals surface area contributed by atoms with E-state index in [0.29, 0.717) is 26.2 Å². The maximum Gasteiger partial charge on any atom is 0.336 e. The van der Waals surface area contributed by atoms with Crippen LogP contribution in [0.2, 0.25) is 15.1 Å². The fraction of sp³-hybridized carbons (Fsp3) is 0. The van der Waals surface area contributed by atoms with E-state index < -0.39 is 5.97 Å². The zero-order chi connectivity index (χ0) is 13.3. The summed E-state index contributed by atoms with van der Waals surface area (Å²) in [5.74, 6) is -1.05. The molecule has 0 aliphatic carbocycles. The van der Waals surface area contributed by atoms with Gasteiger partial charge in [-0.25, -0.2) is 4.79 Å². The molecule has 0 saturated heterocycles. The largest absolute Gasteiger partial charge is 0.478 e. The highest BCUT2D eigenvalue weighted by Crippen LogP contribution is 2.31. The number of benzene rings is 2. The standard InChI is InChI=1S/C13H7Cl3O2/c14-8-1-2-11(12(6-8)13(17)18)7-3-9(15)5-10(16)4-7/h1-6H,(H,17,18). The van der Waals surface area contributed by atoms with Crippen LogP contribution in [0.1, 0.15) is 10.4 Å². The third kappa shape index (κ3) is 2.78. The Balaban J connectivity index is 2.66. The average molecular weight is 302 g/mol. The van der Waals surface area contributed by atoms with Crippen molar-refractivity contribution < 1.29 is 9.90 Å². The van der Waals surface area contributed by atoms with Crippen LogP contribution in [0.4, 0.5) is 0 Å². The molecule has 0 bridgehead atoms. The van der Waals surface area contributed by atoms with Crippen LogP contribution in [0.25, 0.3) is 11.1 Å². The minimum absolute atomic E-state index is 0.112. The molecule has 2 rings (SSSR count). The molecule has 0 unspecified atom stereocenters. The summed E-state index contributed by atoms with van der Waals surface area (Å²) in [7, 11) is 0. The van der Waals surface area contributed by atoms with Crippen molar-refractivity contribution >= 4 is 40.8 Å². The van der Waals surface area contributed by atoms with E-state index in [4.69, 9.17) is 39.9 Å². The van der Waals surface area contributed by atoms with Crippen LogP contribution in [-0.2, 0) is 0 Å². The molecule has 0 aromatic heterocycles. The maximum atomic E-state index is 11.2. The molecule has 0 heterocycles. The molecule has 0 aliphatic heterocycles. The molecule has 1 N–H and O–H groups in total. The van der Waals surface area contributed by atoms with Gasteiger partial charge >= 0.3 is 5.97 Å². The highest BCUT2D eigenvalue weighted by atomic mass is 35.5. The van der Waals surface area contributed by atoms with Crippen LogP contribution in [0.15, 0.2) is 36.4 Å². The van der Waals surface area contributed by atoms with Crippen LogP contribution >= 0.6 is 34.8 Å². The van der Waals surface area contributed by atoms with Crippen molar-refractivity contribution in [2.24, 2.45) is 0 Å². The number of aromatic carboxylic acids is 1. The summed E-state index contributed by atoms with van der Waals surface area (Å²) in [6.07, 6.45) is 0. The molecule has 18 heavy (non-hydrogen) atoms. The number of carbonyl (C=O) groups is 1. The zero-order valence-electron chi connectivity index (χ0n) is 8.95. The predicted octanol–water partition coefficient (Wildman–Crippen LogP) is 5.01. The average Bonchev–Trinajstić information content (AvgIpc) is 2.27. The molecule has 0 atom stereocenters. The molecule has 0 saturated carbocycles. The van der Waals surface area contributed by atoms with E-state index in [0.717, 1.165) is 0 Å². The highest BCUT2D eigenvalue weighted by Gasteiger charge is 2.13. The number of carboxylic acid groups (broad SMARTS) is 1. The first-order chi connectivity index (χ1) is 8.47. The quantitative estimate of drug-likeness (QED) is 0.846. The van der Waals surface area contributed by atoms with Gasteiger partial charge in [0.05, 0.1) is 5.56 Å². The fourth-order valence-corrected chi connectivity index (χ4v) is 2.35. The summed E-state index contributed by atoms with van der Waals surface area (Å²) < 4.78 is 0. The van der Waals surface area contributed by atoms with Crippen molar-refractivity contribution in [2.45, 2.75) is 0 Å². The molecule has 5 heteroatoms. The van der Waals surface area contributed by atoms with Gasteiger partial charge in [-0.15, -0.1) is 0 Å². The van der Waals surface area contributed by atoms with Crippen LogP contribution in [0.3, 0.4) is 0 Å². The van der Waals surface area contributed by atoms with Crippen molar-refractivity contribution in [3.05, 3.63) is 57.0 Å². The molecule has 2 aromatic rings. The topological polar surface area (TPSA) is 37.3 Å². The lowest BCUT2D eigenvalue weighted by Crippen LogP contribution is -1.99. The van der Waals surface area contributed by atoms with Gasteiger partial charge in [0.2, 0.25) is 0 Å². The lowest BCUT2D eigenvalue weighted by molar-refractivity contribution is 0.0697. The van der Waals surface area contributed by atoms with Gasteiger partial charge in [0.15, 0.2) is 0 Å². The minimum atomic E-state index is -1.05. The Hall–Kier alpha value is -1.22. The molecule has 0 spiro atoms. The SMILES string of the molecule is O=C(O)c1cc(Cl)ccc1-c1cc(Cl)cc(Cl)c1. The monoisotopic (exact) mass is 300 g/mol. The third-order valence-electron chi connectivity index (χ3n) is 2.39. The summed E-state index contributed by atoms with van der Waals surface area (Å²) in [4.78, 5) is 11.2. The van der Waals surface area contributed by atoms with Crippen LogP contribution in [-0.4, -0.2) is 11.1 Å². The van der Waals surface area contributed by atoms with E-state index in [1.165, 1.54) is 6.07 Å². The molecule has 2 aromatic carbocycles. The van der Waals surface area contributed by atoms with Gasteiger partial charge in [0.25, 0.3) is 0 Å². The summed E-state index contributed by atoms with van der Waals surface area (Å²) in [5.41, 5.74) is 1.28. The van der Waals surface area contributed by atoms with Crippen molar-refractivity contribution in [1.29, 1.82) is 0 Å². The number of hydrogen-bond acceptors (Lipinski definition) is 1. The van der Waals surface area contributed by atoms with Crippen LogP contribution in [0.5, 0.6) is 0 Å². The fourth-order valence-electron chi connectivity index (χ4n) is 1.65. The first-order valence-electron chi connectivity index (χ1n) is 4.96. The second kappa shape index (κ2) is 5.19. The Bertz CT molecular complexity index is 603. The van der Waals surface area contributed by atoms with Gasteiger partial charge in [-0.1, -0.05) is 40.9 Å². The van der Waals surface area contributed by atoms with Gasteiger partial charge in [-0.2, -0.15) is 0 Å². The van der Waals surface area contributed by atoms with Gasteiger partial charge in [-0.05, 0) is 41.5 Å². The first kappa shape index (κ1) is 13.2. The molecule has 0 amide bonds. The molecule has 0 aliphatic rings. The first-order valence-corrected chi connectivity index (χ1v) is 6.10. The Morgan fingerprint density at radius 2 is 1.50 bits per heavy atom. The second-order valence-corrected chi connectivity index (χ2v) is 4.96. The maximum absolute atomic E-state index is 11.2. The molecule has 2 nitrogen and oxygen atoms in total. The van der Waals surface area contributed by atoms with Crippen LogP contribution in [0, 0.1) is 0 Å². The third-order valence-corrected chi connectivity index (χ3v) is 3.06. The van der Waals surface area contributed by atoms with E-state index in [1.54, 1.807) is 30.3 Å².